The third-order valence-electron chi connectivity index (χ3n) is 8.07. The molecule has 5 atom stereocenters. The van der Waals surface area contributed by atoms with Gasteiger partial charge in [-0.05, 0) is 30.6 Å². The minimum Gasteiger partial charge on any atom is -0.361 e. The molecular weight excluding hydrogens is 354 g/mol. The van der Waals surface area contributed by atoms with E-state index in [1.165, 1.54) is 4.31 Å². The van der Waals surface area contributed by atoms with E-state index in [1.807, 2.05) is 26.0 Å². The summed E-state index contributed by atoms with van der Waals surface area (Å²) in [5.74, 6) is 0.123. The summed E-state index contributed by atoms with van der Waals surface area (Å²) >= 11 is 0. The van der Waals surface area contributed by atoms with E-state index in [0.717, 1.165) is 6.42 Å². The van der Waals surface area contributed by atoms with Crippen LogP contribution < -0.4 is 0 Å². The molecule has 4 fully saturated rings. The van der Waals surface area contributed by atoms with Crippen molar-refractivity contribution in [1.82, 2.24) is 4.31 Å². The van der Waals surface area contributed by atoms with E-state index in [9.17, 15) is 18.0 Å². The monoisotopic (exact) mass is 379 g/mol. The van der Waals surface area contributed by atoms with E-state index >= 15 is 0 Å². The second-order valence-electron chi connectivity index (χ2n) is 9.33. The number of Topliss-reactive ketones (excluding diaryl/α,β-unsaturated/α-hetero) is 2. The SMILES string of the molecule is CC1(C)[C@@H]2CC[C@@]1(CS(=O)(=O)N1CC[C@@]34C=C[C@@H](CC(=O)[C@H]13)O4)C(=O)C2. The molecule has 5 rings (SSSR count). The molecule has 6 nitrogen and oxygen atoms in total. The standard InChI is InChI=1S/C19H25NO5S/c1-17(2)12-3-5-18(17,15(22)9-12)11-26(23,24)20-8-7-19-6-4-13(25-19)10-14(21)16(19)20/h4,6,12-13,16H,3,5,7-11H2,1-2H3/t12-,13+,16+,18-,19+/m1/s1. The topological polar surface area (TPSA) is 80.8 Å². The number of sulfonamides is 1. The lowest BCUT2D eigenvalue weighted by Crippen LogP contribution is -2.57. The summed E-state index contributed by atoms with van der Waals surface area (Å²) < 4.78 is 34.2. The van der Waals surface area contributed by atoms with Crippen molar-refractivity contribution in [2.45, 2.75) is 63.7 Å². The van der Waals surface area contributed by atoms with Gasteiger partial charge in [-0.1, -0.05) is 26.0 Å². The van der Waals surface area contributed by atoms with Gasteiger partial charge in [-0.3, -0.25) is 9.59 Å². The molecule has 7 heteroatoms. The number of fused-ring (bicyclic) bond motifs is 3. The fourth-order valence-electron chi connectivity index (χ4n) is 6.38. The Morgan fingerprint density at radius 1 is 1.23 bits per heavy atom. The Bertz CT molecular complexity index is 846. The fraction of sp³-hybridized carbons (Fsp3) is 0.789. The Kier molecular flexibility index (Phi) is 3.19. The maximum absolute atomic E-state index is 13.4. The third-order valence-corrected chi connectivity index (χ3v) is 10.0. The van der Waals surface area contributed by atoms with Crippen LogP contribution >= 0.6 is 0 Å². The van der Waals surface area contributed by atoms with Gasteiger partial charge in [-0.2, -0.15) is 4.31 Å². The van der Waals surface area contributed by atoms with Crippen molar-refractivity contribution >= 4 is 21.6 Å². The highest BCUT2D eigenvalue weighted by Crippen LogP contribution is 2.64. The normalized spacial score (nSPS) is 46.3. The molecule has 4 bridgehead atoms. The van der Waals surface area contributed by atoms with E-state index < -0.39 is 27.1 Å². The molecule has 0 aromatic rings. The molecule has 3 heterocycles. The van der Waals surface area contributed by atoms with E-state index in [0.29, 0.717) is 19.3 Å². The van der Waals surface area contributed by atoms with Gasteiger partial charge in [-0.25, -0.2) is 8.42 Å². The quantitative estimate of drug-likeness (QED) is 0.694. The highest BCUT2D eigenvalue weighted by molar-refractivity contribution is 7.89. The predicted octanol–water partition coefficient (Wildman–Crippen LogP) is 1.45. The first-order chi connectivity index (χ1) is 12.1. The van der Waals surface area contributed by atoms with Crippen LogP contribution in [0, 0.1) is 16.7 Å². The molecule has 2 aliphatic carbocycles. The summed E-state index contributed by atoms with van der Waals surface area (Å²) in [6.07, 6.45) is 6.32. The summed E-state index contributed by atoms with van der Waals surface area (Å²) in [6, 6.07) is -0.768. The molecule has 5 aliphatic rings. The van der Waals surface area contributed by atoms with Crippen LogP contribution in [0.25, 0.3) is 0 Å². The Balaban J connectivity index is 1.50. The van der Waals surface area contributed by atoms with Crippen molar-refractivity contribution in [3.63, 3.8) is 0 Å². The van der Waals surface area contributed by atoms with Gasteiger partial charge >= 0.3 is 0 Å². The van der Waals surface area contributed by atoms with Crippen LogP contribution in [-0.2, 0) is 24.3 Å². The summed E-state index contributed by atoms with van der Waals surface area (Å²) in [5, 5.41) is 0. The first kappa shape index (κ1) is 17.1. The number of nitrogens with zero attached hydrogens (tertiary/aromatic N) is 1. The van der Waals surface area contributed by atoms with Gasteiger partial charge < -0.3 is 4.74 Å². The minimum absolute atomic E-state index is 0.0638. The number of ketones is 2. The summed E-state index contributed by atoms with van der Waals surface area (Å²) in [4.78, 5) is 25.4. The highest BCUT2D eigenvalue weighted by atomic mass is 32.2. The predicted molar refractivity (Wildman–Crippen MR) is 93.8 cm³/mol. The molecule has 142 valence electrons. The molecule has 2 saturated heterocycles. The molecule has 0 radical (unpaired) electrons. The fourth-order valence-corrected chi connectivity index (χ4v) is 8.83. The van der Waals surface area contributed by atoms with Crippen LogP contribution in [0.1, 0.15) is 46.0 Å². The molecule has 3 aliphatic heterocycles. The maximum Gasteiger partial charge on any atom is 0.215 e. The van der Waals surface area contributed by atoms with Crippen molar-refractivity contribution in [3.8, 4) is 0 Å². The van der Waals surface area contributed by atoms with Crippen LogP contribution in [0.15, 0.2) is 12.2 Å². The van der Waals surface area contributed by atoms with Gasteiger partial charge in [0.15, 0.2) is 5.78 Å². The minimum atomic E-state index is -3.75. The van der Waals surface area contributed by atoms with E-state index in [1.54, 1.807) is 0 Å². The second kappa shape index (κ2) is 4.86. The van der Waals surface area contributed by atoms with Gasteiger partial charge in [-0.15, -0.1) is 0 Å². The molecule has 26 heavy (non-hydrogen) atoms. The Labute approximate surface area is 154 Å². The van der Waals surface area contributed by atoms with Crippen LogP contribution in [0.5, 0.6) is 0 Å². The lowest BCUT2D eigenvalue weighted by atomic mass is 9.70. The number of carbonyl (C=O) groups is 2. The summed E-state index contributed by atoms with van der Waals surface area (Å²) in [5.41, 5.74) is -1.91. The average molecular weight is 379 g/mol. The first-order valence-electron chi connectivity index (χ1n) is 9.54. The number of rotatable bonds is 3. The van der Waals surface area contributed by atoms with Crippen LogP contribution in [-0.4, -0.2) is 54.3 Å². The Hall–Kier alpha value is -1.05. The first-order valence-corrected chi connectivity index (χ1v) is 11.2. The second-order valence-corrected chi connectivity index (χ2v) is 11.2. The molecule has 0 N–H and O–H groups in total. The number of hydrogen-bond acceptors (Lipinski definition) is 5. The zero-order chi connectivity index (χ0) is 18.5. The third kappa shape index (κ3) is 1.87. The zero-order valence-corrected chi connectivity index (χ0v) is 16.0. The van der Waals surface area contributed by atoms with Gasteiger partial charge in [0.2, 0.25) is 10.0 Å². The largest absolute Gasteiger partial charge is 0.361 e. The van der Waals surface area contributed by atoms with E-state index in [4.69, 9.17) is 4.74 Å². The zero-order valence-electron chi connectivity index (χ0n) is 15.2. The van der Waals surface area contributed by atoms with Crippen molar-refractivity contribution in [2.24, 2.45) is 16.7 Å². The molecule has 1 spiro atoms. The smallest absolute Gasteiger partial charge is 0.215 e. The summed E-state index contributed by atoms with van der Waals surface area (Å²) in [6.45, 7) is 4.36. The average Bonchev–Trinajstić information content (AvgIpc) is 3.21. The van der Waals surface area contributed by atoms with Crippen LogP contribution in [0.4, 0.5) is 0 Å². The molecule has 2 saturated carbocycles. The molecular formula is C19H25NO5S. The number of hydrogen-bond donors (Lipinski definition) is 0. The summed E-state index contributed by atoms with van der Waals surface area (Å²) in [7, 11) is -3.75. The molecule has 0 aromatic heterocycles. The van der Waals surface area contributed by atoms with Gasteiger partial charge in [0, 0.05) is 24.8 Å². The van der Waals surface area contributed by atoms with Crippen LogP contribution in [0.3, 0.4) is 0 Å². The Morgan fingerprint density at radius 3 is 2.65 bits per heavy atom. The lowest BCUT2D eigenvalue weighted by molar-refractivity contribution is -0.142. The molecule has 0 amide bonds. The number of ether oxygens (including phenoxy) is 1. The molecule has 0 unspecified atom stereocenters. The maximum atomic E-state index is 13.4. The van der Waals surface area contributed by atoms with Gasteiger partial charge in [0.1, 0.15) is 17.4 Å². The van der Waals surface area contributed by atoms with Gasteiger partial charge in [0.05, 0.1) is 11.9 Å². The van der Waals surface area contributed by atoms with Crippen LogP contribution in [0.2, 0.25) is 0 Å². The number of carbonyl (C=O) groups excluding carboxylic acids is 2. The molecule has 0 aromatic carbocycles. The highest BCUT2D eigenvalue weighted by Gasteiger charge is 2.67. The Morgan fingerprint density at radius 2 is 2.00 bits per heavy atom. The van der Waals surface area contributed by atoms with Crippen molar-refractivity contribution in [1.29, 1.82) is 0 Å². The van der Waals surface area contributed by atoms with Crippen molar-refractivity contribution < 1.29 is 22.7 Å². The van der Waals surface area contributed by atoms with Crippen molar-refractivity contribution in [3.05, 3.63) is 12.2 Å². The van der Waals surface area contributed by atoms with E-state index in [2.05, 4.69) is 0 Å². The van der Waals surface area contributed by atoms with Crippen molar-refractivity contribution in [2.75, 3.05) is 12.3 Å². The van der Waals surface area contributed by atoms with Gasteiger partial charge in [0.25, 0.3) is 0 Å². The lowest BCUT2D eigenvalue weighted by Gasteiger charge is -2.40. The van der Waals surface area contributed by atoms with E-state index in [-0.39, 0.29) is 47.7 Å².